The van der Waals surface area contributed by atoms with Crippen LogP contribution in [-0.4, -0.2) is 64.8 Å². The van der Waals surface area contributed by atoms with Gasteiger partial charge in [0.15, 0.2) is 0 Å². The number of nitrogens with one attached hydrogen (secondary N) is 1. The Hall–Kier alpha value is -3.47. The third kappa shape index (κ3) is 7.37. The van der Waals surface area contributed by atoms with Crippen LogP contribution in [0.15, 0.2) is 30.3 Å². The molecule has 5 N–H and O–H groups in total. The van der Waals surface area contributed by atoms with Gasteiger partial charge in [0.2, 0.25) is 17.7 Å². The average Bonchev–Trinajstić information content (AvgIpc) is 2.95. The first-order valence-electron chi connectivity index (χ1n) is 15.7. The molecule has 0 aliphatic heterocycles. The zero-order valence-corrected chi connectivity index (χ0v) is 25.6. The number of carbonyl (C=O) groups excluding carboxylic acids is 5. The minimum Gasteiger partial charge on any atom is -0.461 e. The molecule has 0 heterocycles. The molecular weight excluding hydrogens is 552 g/mol. The molecule has 0 spiro atoms. The molecule has 4 fully saturated rings. The summed E-state index contributed by atoms with van der Waals surface area (Å²) in [5, 5.41) is 2.53. The molecule has 0 radical (unpaired) electrons. The van der Waals surface area contributed by atoms with Gasteiger partial charge < -0.3 is 31.2 Å². The van der Waals surface area contributed by atoms with Crippen LogP contribution in [0.25, 0.3) is 0 Å². The number of nitrogens with two attached hydrogens (primary N) is 2. The average molecular weight is 600 g/mol. The predicted molar refractivity (Wildman–Crippen MR) is 158 cm³/mol. The van der Waals surface area contributed by atoms with Crippen molar-refractivity contribution in [3.8, 4) is 0 Å². The number of hydrogen-bond donors (Lipinski definition) is 3. The van der Waals surface area contributed by atoms with Gasteiger partial charge in [-0.15, -0.1) is 0 Å². The van der Waals surface area contributed by atoms with Crippen molar-refractivity contribution in [1.29, 1.82) is 0 Å². The summed E-state index contributed by atoms with van der Waals surface area (Å²) in [5.41, 5.74) is 9.91. The second-order valence-electron chi connectivity index (χ2n) is 13.3. The number of primary amides is 1. The number of ether oxygens (including phenoxy) is 2. The summed E-state index contributed by atoms with van der Waals surface area (Å²) in [6.07, 6.45) is 2.30. The Labute approximate surface area is 254 Å². The number of rotatable bonds is 12. The van der Waals surface area contributed by atoms with Crippen LogP contribution in [0.2, 0.25) is 0 Å². The van der Waals surface area contributed by atoms with Gasteiger partial charge in [-0.1, -0.05) is 30.3 Å². The quantitative estimate of drug-likeness (QED) is 0.307. The molecule has 43 heavy (non-hydrogen) atoms. The van der Waals surface area contributed by atoms with E-state index >= 15 is 0 Å². The topological polar surface area (TPSA) is 171 Å². The number of amides is 3. The van der Waals surface area contributed by atoms with Gasteiger partial charge in [0, 0.05) is 6.42 Å². The standard InChI is InChI=1S/C32H46N4O7/c1-19(35-25(37)17-33)29(40)36(24(28(34)39)10-11-26(38)42-18-20-8-6-5-7-9-20)27-23-13-21-12-22(14-23)16-32(27,15-21)30(41)43-31(2,3)4/h5-9,19,21-24,27H,10-18,33H2,1-4H3,(H2,34,39)(H,35,37)/t19-,21?,22?,23?,24+,27?,32?/m0/s1/i27D. The lowest BCUT2D eigenvalue weighted by molar-refractivity contribution is -0.202. The SMILES string of the molecule is [2H]C1(N(C(=O)[C@H](C)NC(=O)CN)[C@H](CCC(=O)OCc2ccccc2)C(N)=O)C2CC3CC(C2)CC1(C(=O)OC(C)(C)C)C3. The second kappa shape index (κ2) is 13.0. The van der Waals surface area contributed by atoms with Gasteiger partial charge in [-0.25, -0.2) is 0 Å². The maximum absolute atomic E-state index is 14.3. The van der Waals surface area contributed by atoms with Gasteiger partial charge in [-0.2, -0.15) is 0 Å². The van der Waals surface area contributed by atoms with Crippen LogP contribution < -0.4 is 16.8 Å². The molecule has 1 aromatic rings. The minimum atomic E-state index is -1.92. The summed E-state index contributed by atoms with van der Waals surface area (Å²) in [7, 11) is 0. The largest absolute Gasteiger partial charge is 0.461 e. The first kappa shape index (κ1) is 31.0. The zero-order valence-electron chi connectivity index (χ0n) is 26.6. The molecule has 4 bridgehead atoms. The first-order chi connectivity index (χ1) is 20.6. The van der Waals surface area contributed by atoms with Crippen LogP contribution in [0.4, 0.5) is 0 Å². The minimum absolute atomic E-state index is 0.0285. The van der Waals surface area contributed by atoms with Crippen molar-refractivity contribution in [1.82, 2.24) is 10.2 Å². The van der Waals surface area contributed by atoms with Gasteiger partial charge in [0.25, 0.3) is 0 Å². The van der Waals surface area contributed by atoms with Crippen molar-refractivity contribution in [3.05, 3.63) is 35.9 Å². The summed E-state index contributed by atoms with van der Waals surface area (Å²) in [4.78, 5) is 67.8. The van der Waals surface area contributed by atoms with E-state index in [9.17, 15) is 25.3 Å². The van der Waals surface area contributed by atoms with Crippen LogP contribution >= 0.6 is 0 Å². The molecular formula is C32H46N4O7. The Balaban J connectivity index is 1.72. The maximum Gasteiger partial charge on any atom is 0.314 e. The smallest absolute Gasteiger partial charge is 0.314 e. The molecule has 236 valence electrons. The lowest BCUT2D eigenvalue weighted by atomic mass is 9.46. The Morgan fingerprint density at radius 1 is 1.09 bits per heavy atom. The number of hydrogen-bond acceptors (Lipinski definition) is 8. The molecule has 4 aliphatic carbocycles. The molecule has 4 saturated carbocycles. The molecule has 3 amide bonds. The van der Waals surface area contributed by atoms with Crippen molar-refractivity contribution < 1.29 is 34.8 Å². The number of carbonyl (C=O) groups is 5. The van der Waals surface area contributed by atoms with Crippen LogP contribution in [0.5, 0.6) is 0 Å². The zero-order chi connectivity index (χ0) is 32.4. The van der Waals surface area contributed by atoms with E-state index in [4.69, 9.17) is 20.9 Å². The highest BCUT2D eigenvalue weighted by atomic mass is 16.6. The van der Waals surface area contributed by atoms with Gasteiger partial charge >= 0.3 is 11.9 Å². The fraction of sp³-hybridized carbons (Fsp3) is 0.656. The fourth-order valence-electron chi connectivity index (χ4n) is 7.34. The van der Waals surface area contributed by atoms with E-state index < -0.39 is 64.7 Å². The summed E-state index contributed by atoms with van der Waals surface area (Å²) in [6, 6.07) is 4.56. The number of nitrogens with zero attached hydrogens (tertiary/aromatic N) is 1. The van der Waals surface area contributed by atoms with E-state index in [-0.39, 0.29) is 37.8 Å². The van der Waals surface area contributed by atoms with E-state index in [0.29, 0.717) is 25.7 Å². The van der Waals surface area contributed by atoms with Crippen LogP contribution in [0.1, 0.15) is 79.6 Å². The molecule has 0 aromatic heterocycles. The lowest BCUT2D eigenvalue weighted by Crippen LogP contribution is -2.70. The second-order valence-corrected chi connectivity index (χ2v) is 13.3. The van der Waals surface area contributed by atoms with E-state index in [2.05, 4.69) is 5.32 Å². The van der Waals surface area contributed by atoms with E-state index in [1.54, 1.807) is 20.8 Å². The number of benzene rings is 1. The van der Waals surface area contributed by atoms with E-state index in [0.717, 1.165) is 16.9 Å². The van der Waals surface area contributed by atoms with Crippen LogP contribution in [0, 0.1) is 23.2 Å². The predicted octanol–water partition coefficient (Wildman–Crippen LogP) is 2.19. The molecule has 0 saturated heterocycles. The normalized spacial score (nSPS) is 29.1. The molecule has 5 rings (SSSR count). The van der Waals surface area contributed by atoms with Crippen molar-refractivity contribution in [2.24, 2.45) is 34.6 Å². The molecule has 4 aliphatic rings. The third-order valence-electron chi connectivity index (χ3n) is 8.78. The van der Waals surface area contributed by atoms with Gasteiger partial charge in [0.1, 0.15) is 24.3 Å². The van der Waals surface area contributed by atoms with Crippen molar-refractivity contribution in [2.75, 3.05) is 6.54 Å². The Bertz CT molecular complexity index is 1250. The van der Waals surface area contributed by atoms with Gasteiger partial charge in [-0.3, -0.25) is 24.0 Å². The highest BCUT2D eigenvalue weighted by molar-refractivity contribution is 5.93. The molecule has 1 aromatic carbocycles. The lowest BCUT2D eigenvalue weighted by Gasteiger charge is -2.63. The first-order valence-corrected chi connectivity index (χ1v) is 15.2. The monoisotopic (exact) mass is 599 g/mol. The fourth-order valence-corrected chi connectivity index (χ4v) is 7.34. The van der Waals surface area contributed by atoms with E-state index in [1.165, 1.54) is 6.92 Å². The van der Waals surface area contributed by atoms with Crippen molar-refractivity contribution >= 4 is 29.7 Å². The highest BCUT2D eigenvalue weighted by Crippen LogP contribution is 2.62. The highest BCUT2D eigenvalue weighted by Gasteiger charge is 2.65. The molecule has 11 nitrogen and oxygen atoms in total. The summed E-state index contributed by atoms with van der Waals surface area (Å²) in [5.74, 6) is -3.57. The summed E-state index contributed by atoms with van der Waals surface area (Å²) >= 11 is 0. The van der Waals surface area contributed by atoms with Crippen molar-refractivity contribution in [3.63, 3.8) is 0 Å². The third-order valence-corrected chi connectivity index (χ3v) is 8.78. The van der Waals surface area contributed by atoms with Crippen LogP contribution in [0.3, 0.4) is 0 Å². The Morgan fingerprint density at radius 2 is 1.72 bits per heavy atom. The molecule has 3 unspecified atom stereocenters. The van der Waals surface area contributed by atoms with E-state index in [1.807, 2.05) is 30.3 Å². The number of esters is 2. The van der Waals surface area contributed by atoms with Crippen LogP contribution in [-0.2, 0) is 40.1 Å². The molecule has 5 atom stereocenters. The summed E-state index contributed by atoms with van der Waals surface area (Å²) < 4.78 is 21.5. The Kier molecular flexibility index (Phi) is 9.39. The summed E-state index contributed by atoms with van der Waals surface area (Å²) in [6.45, 7) is 6.34. The Morgan fingerprint density at radius 3 is 2.28 bits per heavy atom. The van der Waals surface area contributed by atoms with Gasteiger partial charge in [-0.05, 0) is 89.5 Å². The molecule has 11 heteroatoms. The van der Waals surface area contributed by atoms with Gasteiger partial charge in [0.05, 0.1) is 19.3 Å². The maximum atomic E-state index is 14.3. The van der Waals surface area contributed by atoms with Crippen molar-refractivity contribution in [2.45, 2.75) is 103 Å².